The Labute approximate surface area is 116 Å². The molecule has 1 aliphatic rings. The van der Waals surface area contributed by atoms with Crippen LogP contribution in [-0.4, -0.2) is 12.4 Å². The van der Waals surface area contributed by atoms with Crippen LogP contribution in [0.25, 0.3) is 0 Å². The topological polar surface area (TPSA) is 26.3 Å². The quantitative estimate of drug-likeness (QED) is 0.804. The summed E-state index contributed by atoms with van der Waals surface area (Å²) in [5.74, 6) is 1.56. The second-order valence-corrected chi connectivity index (χ2v) is 5.94. The van der Waals surface area contributed by atoms with Gasteiger partial charge < -0.3 is 4.74 Å². The molecule has 0 N–H and O–H groups in total. The molecular weight excluding hydrogens is 236 g/mol. The summed E-state index contributed by atoms with van der Waals surface area (Å²) in [5.41, 5.74) is 1.19. The van der Waals surface area contributed by atoms with Gasteiger partial charge in [0.05, 0.1) is 13.2 Å². The highest BCUT2D eigenvalue weighted by Crippen LogP contribution is 2.30. The molecular formula is C17H24O2. The largest absolute Gasteiger partial charge is 0.376 e. The number of rotatable bonds is 5. The number of benzene rings is 1. The van der Waals surface area contributed by atoms with E-state index in [9.17, 15) is 4.79 Å². The smallest absolute Gasteiger partial charge is 0.136 e. The van der Waals surface area contributed by atoms with Gasteiger partial charge in [-0.25, -0.2) is 0 Å². The lowest BCUT2D eigenvalue weighted by molar-refractivity contribution is -0.128. The van der Waals surface area contributed by atoms with Gasteiger partial charge in [0.25, 0.3) is 0 Å². The summed E-state index contributed by atoms with van der Waals surface area (Å²) in [6, 6.07) is 10.2. The Morgan fingerprint density at radius 1 is 1.26 bits per heavy atom. The van der Waals surface area contributed by atoms with Gasteiger partial charge in [-0.05, 0) is 30.2 Å². The van der Waals surface area contributed by atoms with Crippen molar-refractivity contribution in [1.29, 1.82) is 0 Å². The predicted molar refractivity (Wildman–Crippen MR) is 76.8 cm³/mol. The molecule has 1 saturated carbocycles. The molecule has 0 amide bonds. The number of Topliss-reactive ketones (excluding diaryl/α,β-unsaturated/α-hetero) is 1. The zero-order valence-corrected chi connectivity index (χ0v) is 12.0. The first kappa shape index (κ1) is 14.3. The molecule has 0 aromatic heterocycles. The summed E-state index contributed by atoms with van der Waals surface area (Å²) >= 11 is 0. The number of hydrogen-bond donors (Lipinski definition) is 0. The summed E-state index contributed by atoms with van der Waals surface area (Å²) in [4.78, 5) is 12.0. The Morgan fingerprint density at radius 2 is 2.00 bits per heavy atom. The maximum Gasteiger partial charge on any atom is 0.136 e. The molecule has 19 heavy (non-hydrogen) atoms. The van der Waals surface area contributed by atoms with Gasteiger partial charge in [0, 0.05) is 12.3 Å². The van der Waals surface area contributed by atoms with Crippen LogP contribution in [0.5, 0.6) is 0 Å². The lowest BCUT2D eigenvalue weighted by atomic mass is 9.76. The number of ether oxygens (including phenoxy) is 1. The summed E-state index contributed by atoms with van der Waals surface area (Å²) < 4.78 is 5.76. The minimum atomic E-state index is 0.215. The molecule has 1 aromatic rings. The third-order valence-corrected chi connectivity index (χ3v) is 4.11. The minimum Gasteiger partial charge on any atom is -0.376 e. The molecule has 1 aromatic carbocycles. The lowest BCUT2D eigenvalue weighted by Gasteiger charge is -2.29. The highest BCUT2D eigenvalue weighted by Gasteiger charge is 2.30. The van der Waals surface area contributed by atoms with Crippen LogP contribution in [0.2, 0.25) is 0 Å². The zero-order chi connectivity index (χ0) is 13.7. The summed E-state index contributed by atoms with van der Waals surface area (Å²) in [6.45, 7) is 5.64. The van der Waals surface area contributed by atoms with E-state index in [2.05, 4.69) is 26.0 Å². The third kappa shape index (κ3) is 4.17. The van der Waals surface area contributed by atoms with Crippen LogP contribution in [0.4, 0.5) is 0 Å². The Hall–Kier alpha value is -1.15. The van der Waals surface area contributed by atoms with Gasteiger partial charge in [0.2, 0.25) is 0 Å². The highest BCUT2D eigenvalue weighted by atomic mass is 16.5. The van der Waals surface area contributed by atoms with Gasteiger partial charge in [0.15, 0.2) is 0 Å². The zero-order valence-electron chi connectivity index (χ0n) is 12.0. The first-order valence-corrected chi connectivity index (χ1v) is 7.31. The van der Waals surface area contributed by atoms with E-state index in [1.807, 2.05) is 18.2 Å². The fourth-order valence-corrected chi connectivity index (χ4v) is 2.88. The fourth-order valence-electron chi connectivity index (χ4n) is 2.88. The second kappa shape index (κ2) is 6.85. The molecule has 0 heterocycles. The average molecular weight is 260 g/mol. The van der Waals surface area contributed by atoms with E-state index in [0.29, 0.717) is 30.8 Å². The van der Waals surface area contributed by atoms with E-state index in [-0.39, 0.29) is 5.92 Å². The van der Waals surface area contributed by atoms with Crippen molar-refractivity contribution in [3.05, 3.63) is 35.9 Å². The van der Waals surface area contributed by atoms with Crippen molar-refractivity contribution in [2.75, 3.05) is 6.61 Å². The molecule has 2 heteroatoms. The van der Waals surface area contributed by atoms with Gasteiger partial charge >= 0.3 is 0 Å². The van der Waals surface area contributed by atoms with Crippen LogP contribution < -0.4 is 0 Å². The van der Waals surface area contributed by atoms with Gasteiger partial charge in [-0.15, -0.1) is 0 Å². The van der Waals surface area contributed by atoms with Crippen LogP contribution in [0.3, 0.4) is 0 Å². The molecule has 2 nitrogen and oxygen atoms in total. The predicted octanol–water partition coefficient (Wildman–Crippen LogP) is 3.84. The van der Waals surface area contributed by atoms with Crippen LogP contribution in [-0.2, 0) is 16.1 Å². The Morgan fingerprint density at radius 3 is 2.68 bits per heavy atom. The van der Waals surface area contributed by atoms with E-state index >= 15 is 0 Å². The Kier molecular flexibility index (Phi) is 5.15. The van der Waals surface area contributed by atoms with Gasteiger partial charge in [-0.3, -0.25) is 4.79 Å². The van der Waals surface area contributed by atoms with Crippen molar-refractivity contribution >= 4 is 5.78 Å². The minimum absolute atomic E-state index is 0.215. The number of ketones is 1. The lowest BCUT2D eigenvalue weighted by Crippen LogP contribution is -2.30. The molecule has 2 rings (SSSR count). The molecule has 0 spiro atoms. The maximum atomic E-state index is 12.0. The van der Waals surface area contributed by atoms with Gasteiger partial charge in [0.1, 0.15) is 5.78 Å². The van der Waals surface area contributed by atoms with Crippen molar-refractivity contribution in [3.8, 4) is 0 Å². The highest BCUT2D eigenvalue weighted by molar-refractivity contribution is 5.82. The normalized spacial score (nSPS) is 25.3. The summed E-state index contributed by atoms with van der Waals surface area (Å²) in [5, 5.41) is 0. The number of hydrogen-bond acceptors (Lipinski definition) is 2. The van der Waals surface area contributed by atoms with Crippen LogP contribution >= 0.6 is 0 Å². The Bertz CT molecular complexity index is 399. The van der Waals surface area contributed by atoms with Crippen LogP contribution in [0.1, 0.15) is 38.7 Å². The first-order chi connectivity index (χ1) is 9.16. The second-order valence-electron chi connectivity index (χ2n) is 5.94. The van der Waals surface area contributed by atoms with Crippen LogP contribution in [0, 0.1) is 17.8 Å². The van der Waals surface area contributed by atoms with Crippen molar-refractivity contribution in [2.45, 2.75) is 39.7 Å². The summed E-state index contributed by atoms with van der Waals surface area (Å²) in [7, 11) is 0. The van der Waals surface area contributed by atoms with E-state index in [1.165, 1.54) is 12.0 Å². The van der Waals surface area contributed by atoms with E-state index in [1.54, 1.807) is 0 Å². The van der Waals surface area contributed by atoms with Crippen LogP contribution in [0.15, 0.2) is 30.3 Å². The fraction of sp³-hybridized carbons (Fsp3) is 0.588. The van der Waals surface area contributed by atoms with E-state index in [4.69, 9.17) is 4.74 Å². The Balaban J connectivity index is 1.75. The van der Waals surface area contributed by atoms with Gasteiger partial charge in [-0.2, -0.15) is 0 Å². The monoisotopic (exact) mass is 260 g/mol. The standard InChI is InChI=1S/C17H24O2/c1-13-8-9-16(17(18)10-13)14(2)11-19-12-15-6-4-3-5-7-15/h3-7,13-14,16H,8-12H2,1-2H3/t13-,14+,16+/m1/s1. The SMILES string of the molecule is C[C@@H]1CC[C@@H]([C@@H](C)COCc2ccccc2)C(=O)C1. The molecule has 1 aliphatic carbocycles. The molecule has 0 unspecified atom stereocenters. The molecule has 104 valence electrons. The molecule has 0 aliphatic heterocycles. The molecule has 0 radical (unpaired) electrons. The first-order valence-electron chi connectivity index (χ1n) is 7.31. The molecule has 1 fully saturated rings. The van der Waals surface area contributed by atoms with E-state index in [0.717, 1.165) is 12.8 Å². The average Bonchev–Trinajstić information content (AvgIpc) is 2.39. The van der Waals surface area contributed by atoms with Crippen molar-refractivity contribution in [3.63, 3.8) is 0 Å². The number of carbonyl (C=O) groups is 1. The van der Waals surface area contributed by atoms with Crippen molar-refractivity contribution in [1.82, 2.24) is 0 Å². The third-order valence-electron chi connectivity index (χ3n) is 4.11. The molecule has 0 bridgehead atoms. The molecule has 0 saturated heterocycles. The summed E-state index contributed by atoms with van der Waals surface area (Å²) in [6.07, 6.45) is 2.98. The van der Waals surface area contributed by atoms with Crippen molar-refractivity contribution < 1.29 is 9.53 Å². The van der Waals surface area contributed by atoms with E-state index < -0.39 is 0 Å². The maximum absolute atomic E-state index is 12.0. The molecule has 3 atom stereocenters. The number of carbonyl (C=O) groups excluding carboxylic acids is 1. The van der Waals surface area contributed by atoms with Gasteiger partial charge in [-0.1, -0.05) is 44.2 Å². The van der Waals surface area contributed by atoms with Crippen molar-refractivity contribution in [2.24, 2.45) is 17.8 Å².